The maximum Gasteiger partial charge on any atom is 0.229 e. The first-order valence-corrected chi connectivity index (χ1v) is 11.8. The summed E-state index contributed by atoms with van der Waals surface area (Å²) in [6.45, 7) is 2.06. The molecule has 0 aliphatic heterocycles. The number of nitrogens with two attached hydrogens (primary N) is 1. The minimum atomic E-state index is -0.0670. The van der Waals surface area contributed by atoms with Gasteiger partial charge in [-0.2, -0.15) is 10.2 Å². The number of amides is 1. The summed E-state index contributed by atoms with van der Waals surface area (Å²) in [6, 6.07) is 9.84. The van der Waals surface area contributed by atoms with Crippen LogP contribution in [-0.2, 0) is 18.9 Å². The molecule has 1 unspecified atom stereocenters. The van der Waals surface area contributed by atoms with E-state index >= 15 is 0 Å². The van der Waals surface area contributed by atoms with Crippen molar-refractivity contribution in [1.29, 1.82) is 0 Å². The van der Waals surface area contributed by atoms with Gasteiger partial charge in [-0.1, -0.05) is 0 Å². The summed E-state index contributed by atoms with van der Waals surface area (Å²) in [4.78, 5) is 22.0. The molecular weight excluding hydrogens is 452 g/mol. The summed E-state index contributed by atoms with van der Waals surface area (Å²) in [5, 5.41) is 13.2. The lowest BCUT2D eigenvalue weighted by Crippen LogP contribution is -2.15. The third-order valence-corrected chi connectivity index (χ3v) is 6.91. The largest absolute Gasteiger partial charge is 0.398 e. The Balaban J connectivity index is 1.33. The number of nitrogen functional groups attached to an aromatic ring is 1. The number of aromatic nitrogens is 6. The van der Waals surface area contributed by atoms with E-state index in [0.29, 0.717) is 11.5 Å². The van der Waals surface area contributed by atoms with Gasteiger partial charge >= 0.3 is 0 Å². The topological polar surface area (TPSA) is 117 Å². The lowest BCUT2D eigenvalue weighted by atomic mass is 9.95. The van der Waals surface area contributed by atoms with Gasteiger partial charge in [-0.25, -0.2) is 4.98 Å². The maximum absolute atomic E-state index is 12.9. The second kappa shape index (κ2) is 8.30. The first-order chi connectivity index (χ1) is 17.4. The molecule has 9 nitrogen and oxygen atoms in total. The fraction of sp³-hybridized carbons (Fsp3) is 0.222. The summed E-state index contributed by atoms with van der Waals surface area (Å²) in [5.74, 6) is 0.625. The zero-order valence-electron chi connectivity index (χ0n) is 20.3. The fourth-order valence-corrected chi connectivity index (χ4v) is 4.93. The molecule has 0 radical (unpaired) electrons. The molecule has 1 saturated carbocycles. The van der Waals surface area contributed by atoms with E-state index in [-0.39, 0.29) is 17.7 Å². The van der Waals surface area contributed by atoms with E-state index in [1.807, 2.05) is 55.4 Å². The first-order valence-electron chi connectivity index (χ1n) is 11.8. The summed E-state index contributed by atoms with van der Waals surface area (Å²) < 4.78 is 3.57. The first kappa shape index (κ1) is 22.0. The molecular formula is C27H26N8O. The quantitative estimate of drug-likeness (QED) is 0.368. The molecule has 6 rings (SSSR count). The van der Waals surface area contributed by atoms with Crippen molar-refractivity contribution in [3.8, 4) is 22.5 Å². The molecule has 2 atom stereocenters. The molecule has 1 aromatic carbocycles. The van der Waals surface area contributed by atoms with Gasteiger partial charge < -0.3 is 11.1 Å². The average Bonchev–Trinajstić information content (AvgIpc) is 3.36. The minimum absolute atomic E-state index is 0.0265. The number of carbonyl (C=O) groups is 1. The van der Waals surface area contributed by atoms with Gasteiger partial charge in [0.15, 0.2) is 0 Å². The van der Waals surface area contributed by atoms with Crippen LogP contribution in [0.3, 0.4) is 0 Å². The van der Waals surface area contributed by atoms with Crippen molar-refractivity contribution < 1.29 is 4.79 Å². The molecule has 0 bridgehead atoms. The number of aryl methyl sites for hydroxylation is 3. The predicted molar refractivity (Wildman–Crippen MR) is 139 cm³/mol. The Labute approximate surface area is 208 Å². The van der Waals surface area contributed by atoms with E-state index in [0.717, 1.165) is 50.8 Å². The summed E-state index contributed by atoms with van der Waals surface area (Å²) in [5.41, 5.74) is 13.0. The van der Waals surface area contributed by atoms with Crippen LogP contribution in [0.1, 0.15) is 23.5 Å². The number of hydrogen-bond acceptors (Lipinski definition) is 6. The molecule has 3 N–H and O–H groups in total. The van der Waals surface area contributed by atoms with E-state index in [9.17, 15) is 4.79 Å². The molecule has 5 aromatic rings. The Morgan fingerprint density at radius 3 is 2.69 bits per heavy atom. The van der Waals surface area contributed by atoms with Crippen molar-refractivity contribution in [2.24, 2.45) is 20.0 Å². The Morgan fingerprint density at radius 1 is 1.08 bits per heavy atom. The zero-order valence-corrected chi connectivity index (χ0v) is 20.3. The van der Waals surface area contributed by atoms with Crippen molar-refractivity contribution in [1.82, 2.24) is 29.5 Å². The molecule has 9 heteroatoms. The minimum Gasteiger partial charge on any atom is -0.398 e. The van der Waals surface area contributed by atoms with E-state index in [2.05, 4.69) is 38.5 Å². The maximum atomic E-state index is 12.9. The van der Waals surface area contributed by atoms with E-state index in [4.69, 9.17) is 5.73 Å². The Morgan fingerprint density at radius 2 is 1.94 bits per heavy atom. The van der Waals surface area contributed by atoms with Crippen molar-refractivity contribution in [2.45, 2.75) is 19.3 Å². The Bertz CT molecular complexity index is 1630. The van der Waals surface area contributed by atoms with E-state index in [1.54, 1.807) is 23.3 Å². The van der Waals surface area contributed by atoms with Gasteiger partial charge in [0.25, 0.3) is 0 Å². The van der Waals surface area contributed by atoms with E-state index in [1.165, 1.54) is 0 Å². The average molecular weight is 479 g/mol. The van der Waals surface area contributed by atoms with Crippen molar-refractivity contribution >= 4 is 28.2 Å². The van der Waals surface area contributed by atoms with Crippen LogP contribution < -0.4 is 11.1 Å². The van der Waals surface area contributed by atoms with Crippen LogP contribution in [0.15, 0.2) is 61.3 Å². The third-order valence-electron chi connectivity index (χ3n) is 6.91. The van der Waals surface area contributed by atoms with Gasteiger partial charge in [-0.3, -0.25) is 19.1 Å². The van der Waals surface area contributed by atoms with Gasteiger partial charge in [0.1, 0.15) is 5.82 Å². The number of carbonyl (C=O) groups excluding carboxylic acids is 1. The highest BCUT2D eigenvalue weighted by molar-refractivity contribution is 6.01. The van der Waals surface area contributed by atoms with Gasteiger partial charge in [0.05, 0.1) is 17.6 Å². The number of rotatable bonds is 5. The molecule has 36 heavy (non-hydrogen) atoms. The SMILES string of the molecule is Cc1ccnc(-c2ccnn2C)c1-c1cc(N)c2cnc(NC(=O)[C@H]3CC3c3cnn(C)c3)cc2c1. The number of anilines is 2. The predicted octanol–water partition coefficient (Wildman–Crippen LogP) is 4.06. The Hall–Kier alpha value is -4.53. The number of hydrogen-bond donors (Lipinski definition) is 2. The zero-order chi connectivity index (χ0) is 25.0. The normalized spacial score (nSPS) is 16.9. The third kappa shape index (κ3) is 3.78. The Kier molecular flexibility index (Phi) is 5.06. The van der Waals surface area contributed by atoms with Crippen LogP contribution in [0, 0.1) is 12.8 Å². The lowest BCUT2D eigenvalue weighted by molar-refractivity contribution is -0.117. The summed E-state index contributed by atoms with van der Waals surface area (Å²) in [6.07, 6.45) is 9.90. The molecule has 180 valence electrons. The highest BCUT2D eigenvalue weighted by atomic mass is 16.2. The molecule has 1 fully saturated rings. The highest BCUT2D eigenvalue weighted by Crippen LogP contribution is 2.48. The molecule has 4 heterocycles. The second-order valence-corrected chi connectivity index (χ2v) is 9.43. The highest BCUT2D eigenvalue weighted by Gasteiger charge is 2.44. The van der Waals surface area contributed by atoms with Gasteiger partial charge in [-0.05, 0) is 71.7 Å². The number of fused-ring (bicyclic) bond motifs is 1. The van der Waals surface area contributed by atoms with Gasteiger partial charge in [0, 0.05) is 61.4 Å². The molecule has 0 spiro atoms. The molecule has 1 amide bonds. The van der Waals surface area contributed by atoms with Crippen molar-refractivity contribution in [3.05, 3.63) is 72.4 Å². The number of nitrogens with zero attached hydrogens (tertiary/aromatic N) is 6. The van der Waals surface area contributed by atoms with Gasteiger partial charge in [0.2, 0.25) is 5.91 Å². The van der Waals surface area contributed by atoms with Crippen LogP contribution in [0.25, 0.3) is 33.3 Å². The number of nitrogens with one attached hydrogen (secondary N) is 1. The molecule has 0 saturated heterocycles. The smallest absolute Gasteiger partial charge is 0.229 e. The van der Waals surface area contributed by atoms with Crippen LogP contribution >= 0.6 is 0 Å². The monoisotopic (exact) mass is 478 g/mol. The van der Waals surface area contributed by atoms with Crippen LogP contribution in [0.5, 0.6) is 0 Å². The van der Waals surface area contributed by atoms with Crippen LogP contribution in [-0.4, -0.2) is 35.4 Å². The second-order valence-electron chi connectivity index (χ2n) is 9.43. The molecule has 1 aliphatic rings. The van der Waals surface area contributed by atoms with Crippen molar-refractivity contribution in [2.75, 3.05) is 11.1 Å². The molecule has 1 aliphatic carbocycles. The number of pyridine rings is 2. The fourth-order valence-electron chi connectivity index (χ4n) is 4.93. The lowest BCUT2D eigenvalue weighted by Gasteiger charge is -2.14. The standard InChI is InChI=1S/C27H26N8O/c1-15-4-6-29-26(23-5-7-31-35(23)3)25(15)17-8-16-10-24(30-13-21(16)22(28)9-17)33-27(36)20-11-19(20)18-12-32-34(2)14-18/h4-10,12-14,19-20H,11,28H2,1-3H3,(H,30,33,36)/t19?,20-/m0/s1. The van der Waals surface area contributed by atoms with Crippen LogP contribution in [0.4, 0.5) is 11.5 Å². The summed E-state index contributed by atoms with van der Waals surface area (Å²) >= 11 is 0. The van der Waals surface area contributed by atoms with Crippen LogP contribution in [0.2, 0.25) is 0 Å². The molecule has 4 aromatic heterocycles. The van der Waals surface area contributed by atoms with Crippen molar-refractivity contribution in [3.63, 3.8) is 0 Å². The van der Waals surface area contributed by atoms with E-state index < -0.39 is 0 Å². The van der Waals surface area contributed by atoms with Gasteiger partial charge in [-0.15, -0.1) is 0 Å². The summed E-state index contributed by atoms with van der Waals surface area (Å²) in [7, 11) is 3.78. The number of benzene rings is 1.